The van der Waals surface area contributed by atoms with Crippen molar-refractivity contribution in [1.29, 1.82) is 0 Å². The zero-order valence-electron chi connectivity index (χ0n) is 19.0. The fourth-order valence-corrected chi connectivity index (χ4v) is 4.84. The van der Waals surface area contributed by atoms with Crippen molar-refractivity contribution in [3.05, 3.63) is 108 Å². The Balaban J connectivity index is 1.62. The molecule has 0 saturated carbocycles. The highest BCUT2D eigenvalue weighted by Gasteiger charge is 2.42. The highest BCUT2D eigenvalue weighted by atomic mass is 32.1. The summed E-state index contributed by atoms with van der Waals surface area (Å²) in [6, 6.07) is 26.1. The first-order valence-electron chi connectivity index (χ1n) is 11.1. The van der Waals surface area contributed by atoms with Crippen molar-refractivity contribution >= 4 is 34.6 Å². The van der Waals surface area contributed by atoms with Crippen molar-refractivity contribution in [3.63, 3.8) is 0 Å². The van der Waals surface area contributed by atoms with Gasteiger partial charge in [0.2, 0.25) is 5.91 Å². The van der Waals surface area contributed by atoms with E-state index in [1.54, 1.807) is 0 Å². The van der Waals surface area contributed by atoms with E-state index < -0.39 is 0 Å². The molecule has 7 heteroatoms. The minimum Gasteiger partial charge on any atom is -0.351 e. The fourth-order valence-electron chi connectivity index (χ4n) is 4.49. The number of hydrogen-bond donors (Lipinski definition) is 2. The number of rotatable bonds is 5. The SMILES string of the molecule is CC(=O)Nc1ccc(N2C(=S)N[C@H](c3ccccn3)[C@@H]2c2cccn2-c2cccc(C)c2)cc1. The molecule has 0 bridgehead atoms. The number of hydrogen-bond acceptors (Lipinski definition) is 3. The second kappa shape index (κ2) is 9.11. The van der Waals surface area contributed by atoms with Crippen LogP contribution in [0.3, 0.4) is 0 Å². The van der Waals surface area contributed by atoms with Gasteiger partial charge in [0.25, 0.3) is 0 Å². The number of amides is 1. The summed E-state index contributed by atoms with van der Waals surface area (Å²) in [5.74, 6) is -0.102. The van der Waals surface area contributed by atoms with Gasteiger partial charge >= 0.3 is 0 Å². The summed E-state index contributed by atoms with van der Waals surface area (Å²) in [4.78, 5) is 18.2. The monoisotopic (exact) mass is 467 g/mol. The van der Waals surface area contributed by atoms with E-state index in [0.717, 1.165) is 28.5 Å². The van der Waals surface area contributed by atoms with Gasteiger partial charge in [-0.1, -0.05) is 18.2 Å². The van der Waals surface area contributed by atoms with Gasteiger partial charge in [0.15, 0.2) is 5.11 Å². The summed E-state index contributed by atoms with van der Waals surface area (Å²) >= 11 is 5.84. The average molecular weight is 468 g/mol. The molecule has 170 valence electrons. The summed E-state index contributed by atoms with van der Waals surface area (Å²) < 4.78 is 2.21. The first kappa shape index (κ1) is 21.9. The molecule has 0 unspecified atom stereocenters. The number of aryl methyl sites for hydroxylation is 1. The summed E-state index contributed by atoms with van der Waals surface area (Å²) in [6.45, 7) is 3.60. The number of nitrogens with one attached hydrogen (secondary N) is 2. The Morgan fingerprint density at radius 2 is 1.82 bits per heavy atom. The number of carbonyl (C=O) groups excluding carboxylic acids is 1. The molecular formula is C27H25N5OS. The van der Waals surface area contributed by atoms with Crippen molar-refractivity contribution in [3.8, 4) is 5.69 Å². The second-order valence-corrected chi connectivity index (χ2v) is 8.75. The minimum atomic E-state index is -0.137. The van der Waals surface area contributed by atoms with E-state index in [1.165, 1.54) is 12.5 Å². The molecular weight excluding hydrogens is 442 g/mol. The predicted molar refractivity (Wildman–Crippen MR) is 139 cm³/mol. The quantitative estimate of drug-likeness (QED) is 0.389. The summed E-state index contributed by atoms with van der Waals surface area (Å²) in [7, 11) is 0. The zero-order chi connectivity index (χ0) is 23.7. The Hall–Kier alpha value is -3.97. The van der Waals surface area contributed by atoms with Gasteiger partial charge in [-0.15, -0.1) is 0 Å². The van der Waals surface area contributed by atoms with Crippen LogP contribution in [0, 0.1) is 6.92 Å². The molecule has 3 heterocycles. The number of anilines is 2. The molecule has 2 N–H and O–H groups in total. The van der Waals surface area contributed by atoms with Gasteiger partial charge in [-0.3, -0.25) is 9.78 Å². The molecule has 2 aromatic carbocycles. The Kier molecular flexibility index (Phi) is 5.86. The van der Waals surface area contributed by atoms with Crippen LogP contribution in [0.2, 0.25) is 0 Å². The Bertz CT molecular complexity index is 1330. The van der Waals surface area contributed by atoms with Crippen LogP contribution >= 0.6 is 12.2 Å². The van der Waals surface area contributed by atoms with Gasteiger partial charge in [-0.05, 0) is 85.4 Å². The third kappa shape index (κ3) is 4.18. The van der Waals surface area contributed by atoms with Gasteiger partial charge in [-0.25, -0.2) is 0 Å². The molecule has 1 fully saturated rings. The van der Waals surface area contributed by atoms with Crippen LogP contribution in [0.1, 0.15) is 36.0 Å². The minimum absolute atomic E-state index is 0.102. The van der Waals surface area contributed by atoms with Gasteiger partial charge in [0, 0.05) is 42.1 Å². The predicted octanol–water partition coefficient (Wildman–Crippen LogP) is 5.32. The van der Waals surface area contributed by atoms with E-state index in [0.29, 0.717) is 5.11 Å². The van der Waals surface area contributed by atoms with E-state index in [-0.39, 0.29) is 18.0 Å². The molecule has 6 nitrogen and oxygen atoms in total. The molecule has 1 amide bonds. The van der Waals surface area contributed by atoms with Gasteiger partial charge in [0.05, 0.1) is 11.7 Å². The maximum Gasteiger partial charge on any atom is 0.221 e. The lowest BCUT2D eigenvalue weighted by Crippen LogP contribution is -2.30. The number of thiocarbonyl (C=S) groups is 1. The number of benzene rings is 2. The van der Waals surface area contributed by atoms with Crippen molar-refractivity contribution in [2.24, 2.45) is 0 Å². The first-order valence-corrected chi connectivity index (χ1v) is 11.5. The van der Waals surface area contributed by atoms with Gasteiger partial charge in [0.1, 0.15) is 6.04 Å². The molecule has 2 atom stereocenters. The molecule has 2 aromatic heterocycles. The summed E-state index contributed by atoms with van der Waals surface area (Å²) in [6.07, 6.45) is 3.89. The highest BCUT2D eigenvalue weighted by molar-refractivity contribution is 7.80. The van der Waals surface area contributed by atoms with Crippen molar-refractivity contribution < 1.29 is 4.79 Å². The third-order valence-electron chi connectivity index (χ3n) is 5.93. The molecule has 0 aliphatic carbocycles. The lowest BCUT2D eigenvalue weighted by molar-refractivity contribution is -0.114. The Morgan fingerprint density at radius 3 is 2.53 bits per heavy atom. The maximum atomic E-state index is 11.4. The normalized spacial score (nSPS) is 17.5. The van der Waals surface area contributed by atoms with Crippen molar-refractivity contribution in [1.82, 2.24) is 14.9 Å². The fraction of sp³-hybridized carbons (Fsp3) is 0.148. The van der Waals surface area contributed by atoms with Crippen LogP contribution in [-0.2, 0) is 4.79 Å². The molecule has 0 spiro atoms. The van der Waals surface area contributed by atoms with E-state index in [9.17, 15) is 4.79 Å². The van der Waals surface area contributed by atoms with Crippen molar-refractivity contribution in [2.45, 2.75) is 25.9 Å². The molecule has 0 radical (unpaired) electrons. The van der Waals surface area contributed by atoms with E-state index in [4.69, 9.17) is 12.2 Å². The molecule has 1 aliphatic rings. The topological polar surface area (TPSA) is 62.2 Å². The lowest BCUT2D eigenvalue weighted by atomic mass is 10.0. The van der Waals surface area contributed by atoms with E-state index in [2.05, 4.69) is 74.6 Å². The largest absolute Gasteiger partial charge is 0.351 e. The Labute approximate surface area is 204 Å². The van der Waals surface area contributed by atoms with Crippen LogP contribution in [-0.4, -0.2) is 20.6 Å². The molecule has 4 aromatic rings. The van der Waals surface area contributed by atoms with E-state index >= 15 is 0 Å². The van der Waals surface area contributed by atoms with Crippen LogP contribution in [0.15, 0.2) is 91.3 Å². The average Bonchev–Trinajstić information content (AvgIpc) is 3.44. The lowest BCUT2D eigenvalue weighted by Gasteiger charge is -2.29. The standard InChI is InChI=1S/C27H25N5OS/c1-18-7-5-8-22(17-18)31-16-6-10-24(31)26-25(23-9-3-4-15-28-23)30-27(34)32(26)21-13-11-20(12-14-21)29-19(2)33/h3-17,25-26H,1-2H3,(H,29,33)(H,30,34)/t25-,26+/m1/s1. The smallest absolute Gasteiger partial charge is 0.221 e. The Morgan fingerprint density at radius 1 is 1.00 bits per heavy atom. The van der Waals surface area contributed by atoms with Crippen LogP contribution < -0.4 is 15.5 Å². The highest BCUT2D eigenvalue weighted by Crippen LogP contribution is 2.42. The van der Waals surface area contributed by atoms with Crippen LogP contribution in [0.25, 0.3) is 5.69 Å². The number of nitrogens with zero attached hydrogens (tertiary/aromatic N) is 3. The zero-order valence-corrected chi connectivity index (χ0v) is 19.8. The number of carbonyl (C=O) groups is 1. The van der Waals surface area contributed by atoms with Crippen molar-refractivity contribution in [2.75, 3.05) is 10.2 Å². The summed E-state index contributed by atoms with van der Waals surface area (Å²) in [5.41, 5.74) is 5.99. The van der Waals surface area contributed by atoms with Crippen LogP contribution in [0.4, 0.5) is 11.4 Å². The maximum absolute atomic E-state index is 11.4. The molecule has 1 aliphatic heterocycles. The molecule has 34 heavy (non-hydrogen) atoms. The van der Waals surface area contributed by atoms with E-state index in [1.807, 2.05) is 48.7 Å². The molecule has 1 saturated heterocycles. The third-order valence-corrected chi connectivity index (χ3v) is 6.24. The van der Waals surface area contributed by atoms with Gasteiger partial charge < -0.3 is 20.1 Å². The summed E-state index contributed by atoms with van der Waals surface area (Å²) in [5, 5.41) is 6.96. The van der Waals surface area contributed by atoms with Crippen LogP contribution in [0.5, 0.6) is 0 Å². The first-order chi connectivity index (χ1) is 16.5. The number of aromatic nitrogens is 2. The second-order valence-electron chi connectivity index (χ2n) is 8.37. The number of pyridine rings is 1. The van der Waals surface area contributed by atoms with Gasteiger partial charge in [-0.2, -0.15) is 0 Å². The molecule has 5 rings (SSSR count).